The molecule has 8 heteroatoms. The van der Waals surface area contributed by atoms with Crippen molar-refractivity contribution >= 4 is 27.1 Å². The van der Waals surface area contributed by atoms with Gasteiger partial charge in [-0.15, -0.1) is 10.2 Å². The normalized spacial score (nSPS) is 11.7. The molecule has 102 valence electrons. The first-order valence-corrected chi connectivity index (χ1v) is 8.16. The zero-order valence-corrected chi connectivity index (χ0v) is 11.9. The highest BCUT2D eigenvalue weighted by atomic mass is 32.2. The number of rotatable bonds is 8. The van der Waals surface area contributed by atoms with Gasteiger partial charge in [0, 0.05) is 6.42 Å². The Bertz CT molecular complexity index is 496. The number of aromatic nitrogens is 2. The number of carbonyl (C=O) groups excluding carboxylic acids is 1. The quantitative estimate of drug-likeness (QED) is 0.726. The SMILES string of the molecule is CCCCCCC(=O)Cc1nnc(S(N)(=O)=O)s1. The Hall–Kier alpha value is -0.860. The van der Waals surface area contributed by atoms with Crippen molar-refractivity contribution in [1.29, 1.82) is 0 Å². The molecule has 0 aliphatic rings. The predicted molar refractivity (Wildman–Crippen MR) is 68.8 cm³/mol. The van der Waals surface area contributed by atoms with Crippen LogP contribution in [0.15, 0.2) is 4.34 Å². The van der Waals surface area contributed by atoms with Gasteiger partial charge in [0.1, 0.15) is 10.8 Å². The fourth-order valence-corrected chi connectivity index (χ4v) is 2.94. The summed E-state index contributed by atoms with van der Waals surface area (Å²) in [6.45, 7) is 2.11. The summed E-state index contributed by atoms with van der Waals surface area (Å²) >= 11 is 0.856. The lowest BCUT2D eigenvalue weighted by atomic mass is 10.1. The summed E-state index contributed by atoms with van der Waals surface area (Å²) in [4.78, 5) is 11.6. The monoisotopic (exact) mass is 291 g/mol. The molecular weight excluding hydrogens is 274 g/mol. The number of unbranched alkanes of at least 4 members (excludes halogenated alkanes) is 3. The summed E-state index contributed by atoms with van der Waals surface area (Å²) in [5, 5.41) is 12.4. The first-order valence-electron chi connectivity index (χ1n) is 5.80. The van der Waals surface area contributed by atoms with Crippen molar-refractivity contribution in [2.75, 3.05) is 0 Å². The van der Waals surface area contributed by atoms with Crippen molar-refractivity contribution in [3.05, 3.63) is 5.01 Å². The van der Waals surface area contributed by atoms with Crippen molar-refractivity contribution in [1.82, 2.24) is 10.2 Å². The van der Waals surface area contributed by atoms with E-state index in [1.54, 1.807) is 0 Å². The van der Waals surface area contributed by atoms with Crippen LogP contribution in [0.3, 0.4) is 0 Å². The molecule has 0 amide bonds. The number of primary sulfonamides is 1. The first kappa shape index (κ1) is 15.2. The summed E-state index contributed by atoms with van der Waals surface area (Å²) in [5.74, 6) is 0.0585. The van der Waals surface area contributed by atoms with E-state index >= 15 is 0 Å². The van der Waals surface area contributed by atoms with E-state index in [2.05, 4.69) is 17.1 Å². The highest BCUT2D eigenvalue weighted by Crippen LogP contribution is 2.15. The van der Waals surface area contributed by atoms with E-state index in [4.69, 9.17) is 5.14 Å². The number of Topliss-reactive ketones (excluding diaryl/α,β-unsaturated/α-hetero) is 1. The molecule has 1 heterocycles. The van der Waals surface area contributed by atoms with Crippen LogP contribution in [-0.4, -0.2) is 24.4 Å². The van der Waals surface area contributed by atoms with Gasteiger partial charge in [-0.05, 0) is 6.42 Å². The van der Waals surface area contributed by atoms with Crippen molar-refractivity contribution in [3.8, 4) is 0 Å². The molecular formula is C10H17N3O3S2. The van der Waals surface area contributed by atoms with Gasteiger partial charge in [0.05, 0.1) is 6.42 Å². The molecule has 1 aromatic rings. The van der Waals surface area contributed by atoms with Crippen LogP contribution >= 0.6 is 11.3 Å². The number of carbonyl (C=O) groups is 1. The molecule has 0 aliphatic heterocycles. The van der Waals surface area contributed by atoms with Crippen LogP contribution in [0.2, 0.25) is 0 Å². The fraction of sp³-hybridized carbons (Fsp3) is 0.700. The van der Waals surface area contributed by atoms with Crippen molar-refractivity contribution < 1.29 is 13.2 Å². The standard InChI is InChI=1S/C10H17N3O3S2/c1-2-3-4-5-6-8(14)7-9-12-13-10(17-9)18(11,15)16/h2-7H2,1H3,(H2,11,15,16). The van der Waals surface area contributed by atoms with Gasteiger partial charge in [0.25, 0.3) is 10.0 Å². The van der Waals surface area contributed by atoms with Gasteiger partial charge >= 0.3 is 0 Å². The van der Waals surface area contributed by atoms with Crippen LogP contribution in [0.1, 0.15) is 44.0 Å². The molecule has 0 spiro atoms. The molecule has 0 aromatic carbocycles. The lowest BCUT2D eigenvalue weighted by Crippen LogP contribution is -2.11. The van der Waals surface area contributed by atoms with Gasteiger partial charge < -0.3 is 0 Å². The van der Waals surface area contributed by atoms with Gasteiger partial charge in [-0.3, -0.25) is 4.79 Å². The Morgan fingerprint density at radius 2 is 2.00 bits per heavy atom. The van der Waals surface area contributed by atoms with E-state index in [1.165, 1.54) is 0 Å². The van der Waals surface area contributed by atoms with Gasteiger partial charge in [0.15, 0.2) is 0 Å². The number of ketones is 1. The third kappa shape index (κ3) is 5.19. The summed E-state index contributed by atoms with van der Waals surface area (Å²) in [6.07, 6.45) is 4.81. The lowest BCUT2D eigenvalue weighted by molar-refractivity contribution is -0.118. The summed E-state index contributed by atoms with van der Waals surface area (Å²) in [5.41, 5.74) is 0. The second kappa shape index (κ2) is 6.91. The Kier molecular flexibility index (Phi) is 5.83. The van der Waals surface area contributed by atoms with Crippen LogP contribution < -0.4 is 5.14 Å². The fourth-order valence-electron chi connectivity index (χ4n) is 1.43. The zero-order chi connectivity index (χ0) is 13.6. The number of hydrogen-bond donors (Lipinski definition) is 1. The summed E-state index contributed by atoms with van der Waals surface area (Å²) in [6, 6.07) is 0. The van der Waals surface area contributed by atoms with E-state index in [1.807, 2.05) is 0 Å². The van der Waals surface area contributed by atoms with Gasteiger partial charge in [-0.2, -0.15) is 0 Å². The number of nitrogens with zero attached hydrogens (tertiary/aromatic N) is 2. The maximum atomic E-state index is 11.6. The second-order valence-corrected chi connectivity index (χ2v) is 6.83. The van der Waals surface area contributed by atoms with Crippen LogP contribution in [0, 0.1) is 0 Å². The van der Waals surface area contributed by atoms with E-state index in [-0.39, 0.29) is 16.5 Å². The van der Waals surface area contributed by atoms with E-state index in [0.29, 0.717) is 11.4 Å². The maximum absolute atomic E-state index is 11.6. The van der Waals surface area contributed by atoms with Crippen LogP contribution in [0.4, 0.5) is 0 Å². The Morgan fingerprint density at radius 1 is 1.28 bits per heavy atom. The molecule has 18 heavy (non-hydrogen) atoms. The average molecular weight is 291 g/mol. The van der Waals surface area contributed by atoms with Crippen molar-refractivity contribution in [2.24, 2.45) is 5.14 Å². The van der Waals surface area contributed by atoms with Crippen molar-refractivity contribution in [2.45, 2.75) is 49.8 Å². The van der Waals surface area contributed by atoms with Crippen molar-refractivity contribution in [3.63, 3.8) is 0 Å². The zero-order valence-electron chi connectivity index (χ0n) is 10.3. The van der Waals surface area contributed by atoms with E-state index in [9.17, 15) is 13.2 Å². The minimum atomic E-state index is -3.81. The molecule has 0 saturated carbocycles. The molecule has 6 nitrogen and oxygen atoms in total. The van der Waals surface area contributed by atoms with E-state index in [0.717, 1.165) is 37.0 Å². The highest BCUT2D eigenvalue weighted by molar-refractivity contribution is 7.91. The smallest absolute Gasteiger partial charge is 0.267 e. The topological polar surface area (TPSA) is 103 Å². The molecule has 1 rings (SSSR count). The third-order valence-electron chi connectivity index (χ3n) is 2.35. The van der Waals surface area contributed by atoms with Gasteiger partial charge in [-0.25, -0.2) is 13.6 Å². The molecule has 2 N–H and O–H groups in total. The average Bonchev–Trinajstić information content (AvgIpc) is 2.72. The maximum Gasteiger partial charge on any atom is 0.267 e. The number of sulfonamides is 1. The number of hydrogen-bond acceptors (Lipinski definition) is 6. The Labute approximate surface area is 111 Å². The molecule has 0 saturated heterocycles. The summed E-state index contributed by atoms with van der Waals surface area (Å²) in [7, 11) is -3.81. The molecule has 1 aromatic heterocycles. The molecule has 0 aliphatic carbocycles. The van der Waals surface area contributed by atoms with Gasteiger partial charge in [-0.1, -0.05) is 37.5 Å². The molecule has 0 radical (unpaired) electrons. The first-order chi connectivity index (χ1) is 8.43. The van der Waals surface area contributed by atoms with Crippen LogP contribution in [-0.2, 0) is 21.2 Å². The molecule has 0 bridgehead atoms. The highest BCUT2D eigenvalue weighted by Gasteiger charge is 2.16. The largest absolute Gasteiger partial charge is 0.299 e. The van der Waals surface area contributed by atoms with Crippen LogP contribution in [0.25, 0.3) is 0 Å². The Morgan fingerprint density at radius 3 is 2.56 bits per heavy atom. The minimum Gasteiger partial charge on any atom is -0.299 e. The van der Waals surface area contributed by atoms with Gasteiger partial charge in [0.2, 0.25) is 4.34 Å². The van der Waals surface area contributed by atoms with E-state index < -0.39 is 10.0 Å². The summed E-state index contributed by atoms with van der Waals surface area (Å²) < 4.78 is 21.7. The molecule has 0 atom stereocenters. The molecule has 0 unspecified atom stereocenters. The molecule has 0 fully saturated rings. The minimum absolute atomic E-state index is 0.0585. The Balaban J connectivity index is 2.43. The lowest BCUT2D eigenvalue weighted by Gasteiger charge is -1.97. The van der Waals surface area contributed by atoms with Crippen LogP contribution in [0.5, 0.6) is 0 Å². The second-order valence-electron chi connectivity index (χ2n) is 4.03. The number of nitrogens with two attached hydrogens (primary N) is 1. The third-order valence-corrected chi connectivity index (χ3v) is 4.58. The predicted octanol–water partition coefficient (Wildman–Crippen LogP) is 1.27.